The molecule has 1 atom stereocenters. The van der Waals surface area contributed by atoms with Gasteiger partial charge in [0, 0.05) is 13.1 Å². The van der Waals surface area contributed by atoms with Gasteiger partial charge in [-0.15, -0.1) is 0 Å². The lowest BCUT2D eigenvalue weighted by molar-refractivity contribution is -0.128. The SMILES string of the molecule is CC[C@H](Oc1cc(C)ccc1C)C(=O)NCc1cccc(CN2CCCCC2)c1. The summed E-state index contributed by atoms with van der Waals surface area (Å²) in [7, 11) is 0. The minimum absolute atomic E-state index is 0.0603. The molecule has 1 aliphatic rings. The van der Waals surface area contributed by atoms with E-state index in [0.717, 1.165) is 29.0 Å². The average molecular weight is 395 g/mol. The molecule has 4 heteroatoms. The predicted molar refractivity (Wildman–Crippen MR) is 118 cm³/mol. The van der Waals surface area contributed by atoms with Crippen LogP contribution in [0.1, 0.15) is 54.9 Å². The number of likely N-dealkylation sites (tertiary alicyclic amines) is 1. The van der Waals surface area contributed by atoms with Crippen molar-refractivity contribution in [1.82, 2.24) is 10.2 Å². The van der Waals surface area contributed by atoms with Gasteiger partial charge in [0.05, 0.1) is 0 Å². The number of amides is 1. The van der Waals surface area contributed by atoms with E-state index in [4.69, 9.17) is 4.74 Å². The second-order valence-electron chi connectivity index (χ2n) is 8.16. The van der Waals surface area contributed by atoms with E-state index in [1.165, 1.54) is 37.9 Å². The van der Waals surface area contributed by atoms with Gasteiger partial charge >= 0.3 is 0 Å². The summed E-state index contributed by atoms with van der Waals surface area (Å²) >= 11 is 0. The lowest BCUT2D eigenvalue weighted by Crippen LogP contribution is -2.37. The average Bonchev–Trinajstić information content (AvgIpc) is 2.73. The summed E-state index contributed by atoms with van der Waals surface area (Å²) in [6, 6.07) is 14.6. The molecule has 1 aliphatic heterocycles. The van der Waals surface area contributed by atoms with Gasteiger partial charge in [-0.25, -0.2) is 0 Å². The number of nitrogens with zero attached hydrogens (tertiary/aromatic N) is 1. The van der Waals surface area contributed by atoms with Crippen LogP contribution in [0.3, 0.4) is 0 Å². The van der Waals surface area contributed by atoms with Crippen LogP contribution in [0.5, 0.6) is 5.75 Å². The molecule has 29 heavy (non-hydrogen) atoms. The van der Waals surface area contributed by atoms with Crippen LogP contribution in [0, 0.1) is 13.8 Å². The van der Waals surface area contributed by atoms with Gasteiger partial charge in [-0.3, -0.25) is 9.69 Å². The van der Waals surface area contributed by atoms with Crippen LogP contribution in [0.4, 0.5) is 0 Å². The predicted octanol–water partition coefficient (Wildman–Crippen LogP) is 4.76. The fourth-order valence-corrected chi connectivity index (χ4v) is 3.83. The molecule has 0 saturated carbocycles. The number of aryl methyl sites for hydroxylation is 2. The van der Waals surface area contributed by atoms with Crippen molar-refractivity contribution in [3.05, 3.63) is 64.7 Å². The van der Waals surface area contributed by atoms with E-state index in [1.54, 1.807) is 0 Å². The second-order valence-corrected chi connectivity index (χ2v) is 8.16. The molecule has 1 saturated heterocycles. The van der Waals surface area contributed by atoms with Gasteiger partial charge in [-0.1, -0.05) is 49.7 Å². The van der Waals surface area contributed by atoms with Crippen molar-refractivity contribution in [1.29, 1.82) is 0 Å². The Balaban J connectivity index is 1.55. The maximum atomic E-state index is 12.7. The first-order chi connectivity index (χ1) is 14.0. The fraction of sp³-hybridized carbons (Fsp3) is 0.480. The summed E-state index contributed by atoms with van der Waals surface area (Å²) in [5.41, 5.74) is 4.63. The quantitative estimate of drug-likeness (QED) is 0.702. The Labute approximate surface area is 175 Å². The molecule has 0 unspecified atom stereocenters. The van der Waals surface area contributed by atoms with Gasteiger partial charge in [0.1, 0.15) is 5.75 Å². The van der Waals surface area contributed by atoms with E-state index in [0.29, 0.717) is 13.0 Å². The number of hydrogen-bond acceptors (Lipinski definition) is 3. The lowest BCUT2D eigenvalue weighted by Gasteiger charge is -2.26. The van der Waals surface area contributed by atoms with Crippen LogP contribution in [-0.2, 0) is 17.9 Å². The molecule has 3 rings (SSSR count). The van der Waals surface area contributed by atoms with Gasteiger partial charge in [0.2, 0.25) is 0 Å². The van der Waals surface area contributed by atoms with E-state index in [9.17, 15) is 4.79 Å². The summed E-state index contributed by atoms with van der Waals surface area (Å²) in [4.78, 5) is 15.2. The van der Waals surface area contributed by atoms with E-state index in [-0.39, 0.29) is 5.91 Å². The van der Waals surface area contributed by atoms with E-state index < -0.39 is 6.10 Å². The van der Waals surface area contributed by atoms with Crippen molar-refractivity contribution in [3.8, 4) is 5.75 Å². The minimum atomic E-state index is -0.480. The lowest BCUT2D eigenvalue weighted by atomic mass is 10.1. The molecule has 2 aromatic rings. The Morgan fingerprint density at radius 3 is 2.59 bits per heavy atom. The van der Waals surface area contributed by atoms with Gasteiger partial charge in [-0.05, 0) is 74.5 Å². The highest BCUT2D eigenvalue weighted by Gasteiger charge is 2.19. The molecule has 0 aliphatic carbocycles. The maximum Gasteiger partial charge on any atom is 0.261 e. The Bertz CT molecular complexity index is 812. The molecule has 0 radical (unpaired) electrons. The fourth-order valence-electron chi connectivity index (χ4n) is 3.83. The third-order valence-electron chi connectivity index (χ3n) is 5.59. The summed E-state index contributed by atoms with van der Waals surface area (Å²) in [5, 5.41) is 3.06. The van der Waals surface area contributed by atoms with Crippen LogP contribution in [-0.4, -0.2) is 30.0 Å². The van der Waals surface area contributed by atoms with E-state index >= 15 is 0 Å². The normalized spacial score (nSPS) is 15.7. The first kappa shape index (κ1) is 21.4. The molecule has 0 aromatic heterocycles. The van der Waals surface area contributed by atoms with Crippen LogP contribution in [0.25, 0.3) is 0 Å². The zero-order valence-corrected chi connectivity index (χ0v) is 18.0. The molecule has 1 amide bonds. The third-order valence-corrected chi connectivity index (χ3v) is 5.59. The van der Waals surface area contributed by atoms with Crippen molar-refractivity contribution >= 4 is 5.91 Å². The first-order valence-corrected chi connectivity index (χ1v) is 10.9. The van der Waals surface area contributed by atoms with Crippen LogP contribution in [0.15, 0.2) is 42.5 Å². The van der Waals surface area contributed by atoms with Crippen molar-refractivity contribution in [2.75, 3.05) is 13.1 Å². The number of piperidine rings is 1. The summed E-state index contributed by atoms with van der Waals surface area (Å²) in [6.45, 7) is 9.92. The molecule has 0 bridgehead atoms. The second kappa shape index (κ2) is 10.4. The van der Waals surface area contributed by atoms with E-state index in [2.05, 4.69) is 40.5 Å². The number of rotatable bonds is 8. The van der Waals surface area contributed by atoms with Crippen molar-refractivity contribution in [2.45, 2.75) is 65.6 Å². The topological polar surface area (TPSA) is 41.6 Å². The number of nitrogens with one attached hydrogen (secondary N) is 1. The number of carbonyl (C=O) groups excluding carboxylic acids is 1. The standard InChI is InChI=1S/C25H34N2O2/c1-4-23(29-24-15-19(2)11-12-20(24)3)25(28)26-17-21-9-8-10-22(16-21)18-27-13-6-5-7-14-27/h8-12,15-16,23H,4-7,13-14,17-18H2,1-3H3,(H,26,28)/t23-/m0/s1. The summed E-state index contributed by atoms with van der Waals surface area (Å²) < 4.78 is 6.03. The van der Waals surface area contributed by atoms with Crippen molar-refractivity contribution in [3.63, 3.8) is 0 Å². The number of benzene rings is 2. The highest BCUT2D eigenvalue weighted by atomic mass is 16.5. The molecule has 156 valence electrons. The molecular weight excluding hydrogens is 360 g/mol. The molecular formula is C25H34N2O2. The van der Waals surface area contributed by atoms with Crippen molar-refractivity contribution in [2.24, 2.45) is 0 Å². The zero-order valence-electron chi connectivity index (χ0n) is 18.0. The van der Waals surface area contributed by atoms with Crippen LogP contribution < -0.4 is 10.1 Å². The molecule has 4 nitrogen and oxygen atoms in total. The highest BCUT2D eigenvalue weighted by Crippen LogP contribution is 2.21. The number of carbonyl (C=O) groups is 1. The molecule has 1 heterocycles. The number of hydrogen-bond donors (Lipinski definition) is 1. The first-order valence-electron chi connectivity index (χ1n) is 10.9. The van der Waals surface area contributed by atoms with E-state index in [1.807, 2.05) is 32.9 Å². The molecule has 1 fully saturated rings. The van der Waals surface area contributed by atoms with Gasteiger partial charge in [-0.2, -0.15) is 0 Å². The molecule has 0 spiro atoms. The highest BCUT2D eigenvalue weighted by molar-refractivity contribution is 5.81. The monoisotopic (exact) mass is 394 g/mol. The minimum Gasteiger partial charge on any atom is -0.480 e. The molecule has 2 aromatic carbocycles. The number of ether oxygens (including phenoxy) is 1. The molecule has 1 N–H and O–H groups in total. The summed E-state index contributed by atoms with van der Waals surface area (Å²) in [5.74, 6) is 0.727. The van der Waals surface area contributed by atoms with Gasteiger partial charge < -0.3 is 10.1 Å². The Kier molecular flexibility index (Phi) is 7.70. The third kappa shape index (κ3) is 6.33. The van der Waals surface area contributed by atoms with Crippen LogP contribution in [0.2, 0.25) is 0 Å². The van der Waals surface area contributed by atoms with Crippen LogP contribution >= 0.6 is 0 Å². The largest absolute Gasteiger partial charge is 0.480 e. The Morgan fingerprint density at radius 1 is 1.07 bits per heavy atom. The maximum absolute atomic E-state index is 12.7. The van der Waals surface area contributed by atoms with Gasteiger partial charge in [0.15, 0.2) is 6.10 Å². The van der Waals surface area contributed by atoms with Crippen molar-refractivity contribution < 1.29 is 9.53 Å². The Morgan fingerprint density at radius 2 is 1.83 bits per heavy atom. The van der Waals surface area contributed by atoms with Gasteiger partial charge in [0.25, 0.3) is 5.91 Å². The summed E-state index contributed by atoms with van der Waals surface area (Å²) in [6.07, 6.45) is 4.11. The Hall–Kier alpha value is -2.33. The smallest absolute Gasteiger partial charge is 0.261 e. The zero-order chi connectivity index (χ0) is 20.6.